The Morgan fingerprint density at radius 2 is 1.95 bits per heavy atom. The molecule has 0 aliphatic rings. The van der Waals surface area contributed by atoms with Crippen LogP contribution in [-0.2, 0) is 6.61 Å². The predicted octanol–water partition coefficient (Wildman–Crippen LogP) is 4.39. The number of ether oxygens (including phenoxy) is 1. The molecule has 0 saturated carbocycles. The molecule has 0 saturated heterocycles. The standard InChI is InChI=1S/C16H13BrN2O2/c1-11-5-7-14(8-6-11)20-10-15-18-16(19-21-15)12-3-2-4-13(17)9-12/h2-9H,10H2,1H3. The van der Waals surface area contributed by atoms with Gasteiger partial charge in [-0.15, -0.1) is 0 Å². The molecule has 0 N–H and O–H groups in total. The van der Waals surface area contributed by atoms with Gasteiger partial charge in [0.05, 0.1) is 0 Å². The molecule has 0 spiro atoms. The van der Waals surface area contributed by atoms with Crippen LogP contribution in [0.4, 0.5) is 0 Å². The van der Waals surface area contributed by atoms with E-state index in [4.69, 9.17) is 9.26 Å². The van der Waals surface area contributed by atoms with Gasteiger partial charge in [-0.1, -0.05) is 50.9 Å². The van der Waals surface area contributed by atoms with Gasteiger partial charge in [-0.25, -0.2) is 0 Å². The number of aromatic nitrogens is 2. The lowest BCUT2D eigenvalue weighted by Crippen LogP contribution is -1.95. The van der Waals surface area contributed by atoms with Crippen LogP contribution in [0.5, 0.6) is 5.75 Å². The zero-order valence-corrected chi connectivity index (χ0v) is 13.0. The molecule has 0 bridgehead atoms. The zero-order chi connectivity index (χ0) is 14.7. The Morgan fingerprint density at radius 3 is 2.71 bits per heavy atom. The van der Waals surface area contributed by atoms with Crippen LogP contribution in [-0.4, -0.2) is 10.1 Å². The second-order valence-electron chi connectivity index (χ2n) is 4.62. The number of rotatable bonds is 4. The molecule has 0 aliphatic carbocycles. The SMILES string of the molecule is Cc1ccc(OCc2nc(-c3cccc(Br)c3)no2)cc1. The smallest absolute Gasteiger partial charge is 0.264 e. The minimum Gasteiger partial charge on any atom is -0.484 e. The molecule has 3 aromatic rings. The highest BCUT2D eigenvalue weighted by Crippen LogP contribution is 2.21. The Bertz CT molecular complexity index is 738. The van der Waals surface area contributed by atoms with Crippen LogP contribution in [0.3, 0.4) is 0 Å². The van der Waals surface area contributed by atoms with Crippen molar-refractivity contribution in [3.8, 4) is 17.1 Å². The van der Waals surface area contributed by atoms with Gasteiger partial charge in [0.15, 0.2) is 6.61 Å². The molecule has 1 aromatic heterocycles. The first-order valence-corrected chi connectivity index (χ1v) is 7.28. The molecule has 0 fully saturated rings. The van der Waals surface area contributed by atoms with Crippen LogP contribution < -0.4 is 4.74 Å². The molecule has 5 heteroatoms. The molecule has 2 aromatic carbocycles. The maximum atomic E-state index is 5.61. The molecular weight excluding hydrogens is 332 g/mol. The van der Waals surface area contributed by atoms with E-state index in [1.165, 1.54) is 5.56 Å². The lowest BCUT2D eigenvalue weighted by atomic mass is 10.2. The van der Waals surface area contributed by atoms with E-state index in [-0.39, 0.29) is 6.61 Å². The molecular formula is C16H13BrN2O2. The minimum atomic E-state index is 0.254. The first kappa shape index (κ1) is 13.8. The monoisotopic (exact) mass is 344 g/mol. The van der Waals surface area contributed by atoms with Gasteiger partial charge in [-0.3, -0.25) is 0 Å². The third kappa shape index (κ3) is 3.49. The van der Waals surface area contributed by atoms with Crippen molar-refractivity contribution in [2.24, 2.45) is 0 Å². The fraction of sp³-hybridized carbons (Fsp3) is 0.125. The van der Waals surface area contributed by atoms with E-state index < -0.39 is 0 Å². The van der Waals surface area contributed by atoms with Gasteiger partial charge in [0.1, 0.15) is 5.75 Å². The van der Waals surface area contributed by atoms with Crippen molar-refractivity contribution >= 4 is 15.9 Å². The second kappa shape index (κ2) is 6.10. The van der Waals surface area contributed by atoms with Crippen molar-refractivity contribution < 1.29 is 9.26 Å². The molecule has 21 heavy (non-hydrogen) atoms. The average molecular weight is 345 g/mol. The fourth-order valence-corrected chi connectivity index (χ4v) is 2.24. The first-order chi connectivity index (χ1) is 10.2. The Morgan fingerprint density at radius 1 is 1.14 bits per heavy atom. The van der Waals surface area contributed by atoms with Gasteiger partial charge in [-0.05, 0) is 31.2 Å². The number of nitrogens with zero attached hydrogens (tertiary/aromatic N) is 2. The summed E-state index contributed by atoms with van der Waals surface area (Å²) in [6.45, 7) is 2.29. The second-order valence-corrected chi connectivity index (χ2v) is 5.54. The highest BCUT2D eigenvalue weighted by Gasteiger charge is 2.09. The van der Waals surface area contributed by atoms with Crippen LogP contribution >= 0.6 is 15.9 Å². The molecule has 0 amide bonds. The van der Waals surface area contributed by atoms with Crippen LogP contribution in [0.15, 0.2) is 57.5 Å². The van der Waals surface area contributed by atoms with Crippen LogP contribution in [0.25, 0.3) is 11.4 Å². The van der Waals surface area contributed by atoms with Gasteiger partial charge >= 0.3 is 0 Å². The number of hydrogen-bond donors (Lipinski definition) is 0. The topological polar surface area (TPSA) is 48.2 Å². The Kier molecular flexibility index (Phi) is 4.01. The summed E-state index contributed by atoms with van der Waals surface area (Å²) >= 11 is 3.42. The van der Waals surface area contributed by atoms with E-state index in [9.17, 15) is 0 Å². The van der Waals surface area contributed by atoms with E-state index in [1.54, 1.807) is 0 Å². The van der Waals surface area contributed by atoms with Crippen molar-refractivity contribution in [2.75, 3.05) is 0 Å². The summed E-state index contributed by atoms with van der Waals surface area (Å²) in [7, 11) is 0. The highest BCUT2D eigenvalue weighted by atomic mass is 79.9. The van der Waals surface area contributed by atoms with E-state index in [0.717, 1.165) is 15.8 Å². The van der Waals surface area contributed by atoms with Crippen LogP contribution in [0, 0.1) is 6.92 Å². The molecule has 1 heterocycles. The zero-order valence-electron chi connectivity index (χ0n) is 11.4. The summed E-state index contributed by atoms with van der Waals surface area (Å²) in [6, 6.07) is 15.6. The number of halogens is 1. The third-order valence-electron chi connectivity index (χ3n) is 2.93. The van der Waals surface area contributed by atoms with Crippen molar-refractivity contribution in [2.45, 2.75) is 13.5 Å². The summed E-state index contributed by atoms with van der Waals surface area (Å²) in [5, 5.41) is 3.97. The lowest BCUT2D eigenvalue weighted by Gasteiger charge is -2.02. The van der Waals surface area contributed by atoms with Gasteiger partial charge < -0.3 is 9.26 Å². The minimum absolute atomic E-state index is 0.254. The van der Waals surface area contributed by atoms with E-state index in [1.807, 2.05) is 55.5 Å². The molecule has 0 aliphatic heterocycles. The lowest BCUT2D eigenvalue weighted by molar-refractivity contribution is 0.243. The molecule has 3 rings (SSSR count). The predicted molar refractivity (Wildman–Crippen MR) is 82.9 cm³/mol. The van der Waals surface area contributed by atoms with Gasteiger partial charge in [0.25, 0.3) is 5.89 Å². The molecule has 106 valence electrons. The average Bonchev–Trinajstić information content (AvgIpc) is 2.96. The number of aryl methyl sites for hydroxylation is 1. The third-order valence-corrected chi connectivity index (χ3v) is 3.43. The van der Waals surface area contributed by atoms with Crippen molar-refractivity contribution in [1.82, 2.24) is 10.1 Å². The van der Waals surface area contributed by atoms with Gasteiger partial charge in [0, 0.05) is 10.0 Å². The normalized spacial score (nSPS) is 10.6. The summed E-state index contributed by atoms with van der Waals surface area (Å²) < 4.78 is 11.8. The maximum Gasteiger partial charge on any atom is 0.264 e. The molecule has 0 radical (unpaired) electrons. The van der Waals surface area contributed by atoms with Gasteiger partial charge in [0.2, 0.25) is 5.82 Å². The molecule has 0 unspecified atom stereocenters. The highest BCUT2D eigenvalue weighted by molar-refractivity contribution is 9.10. The summed E-state index contributed by atoms with van der Waals surface area (Å²) in [5.41, 5.74) is 2.09. The quantitative estimate of drug-likeness (QED) is 0.704. The van der Waals surface area contributed by atoms with E-state index in [0.29, 0.717) is 11.7 Å². The van der Waals surface area contributed by atoms with Crippen LogP contribution in [0.1, 0.15) is 11.5 Å². The largest absolute Gasteiger partial charge is 0.484 e. The van der Waals surface area contributed by atoms with E-state index in [2.05, 4.69) is 26.1 Å². The van der Waals surface area contributed by atoms with Crippen molar-refractivity contribution in [3.63, 3.8) is 0 Å². The summed E-state index contributed by atoms with van der Waals surface area (Å²) in [6.07, 6.45) is 0. The Labute approximate surface area is 130 Å². The fourth-order valence-electron chi connectivity index (χ4n) is 1.84. The van der Waals surface area contributed by atoms with Crippen LogP contribution in [0.2, 0.25) is 0 Å². The van der Waals surface area contributed by atoms with Gasteiger partial charge in [-0.2, -0.15) is 4.98 Å². The Hall–Kier alpha value is -2.14. The number of hydrogen-bond acceptors (Lipinski definition) is 4. The first-order valence-electron chi connectivity index (χ1n) is 6.49. The molecule has 0 atom stereocenters. The Balaban J connectivity index is 1.69. The van der Waals surface area contributed by atoms with E-state index >= 15 is 0 Å². The summed E-state index contributed by atoms with van der Waals surface area (Å²) in [4.78, 5) is 4.33. The van der Waals surface area contributed by atoms with Crippen molar-refractivity contribution in [1.29, 1.82) is 0 Å². The maximum absolute atomic E-state index is 5.61. The molecule has 4 nitrogen and oxygen atoms in total. The van der Waals surface area contributed by atoms with Crippen molar-refractivity contribution in [3.05, 3.63) is 64.5 Å². The number of benzene rings is 2. The summed E-state index contributed by atoms with van der Waals surface area (Å²) in [5.74, 6) is 1.78.